The summed E-state index contributed by atoms with van der Waals surface area (Å²) < 4.78 is 1.45. The van der Waals surface area contributed by atoms with Crippen molar-refractivity contribution in [1.29, 1.82) is 0 Å². The van der Waals surface area contributed by atoms with E-state index in [2.05, 4.69) is 23.8 Å². The molecule has 156 valence electrons. The Bertz CT molecular complexity index is 1090. The van der Waals surface area contributed by atoms with Crippen molar-refractivity contribution in [3.63, 3.8) is 0 Å². The number of rotatable bonds is 4. The average molecular weight is 423 g/mol. The van der Waals surface area contributed by atoms with Crippen LogP contribution < -0.4 is 10.5 Å². The molecule has 0 unspecified atom stereocenters. The molecule has 1 aliphatic heterocycles. The Hall–Kier alpha value is -2.93. The van der Waals surface area contributed by atoms with E-state index < -0.39 is 0 Å². The van der Waals surface area contributed by atoms with Crippen molar-refractivity contribution >= 4 is 23.1 Å². The molecular formula is C23H26N4O2S. The normalized spacial score (nSPS) is 14.4. The third-order valence-corrected chi connectivity index (χ3v) is 6.54. The van der Waals surface area contributed by atoms with Crippen LogP contribution in [0.15, 0.2) is 52.6 Å². The van der Waals surface area contributed by atoms with Crippen LogP contribution in [0.3, 0.4) is 0 Å². The lowest BCUT2D eigenvalue weighted by Crippen LogP contribution is -2.49. The number of aromatic nitrogens is 2. The largest absolute Gasteiger partial charge is 0.352 e. The highest BCUT2D eigenvalue weighted by Crippen LogP contribution is 2.21. The molecule has 0 aliphatic carbocycles. The van der Waals surface area contributed by atoms with Crippen LogP contribution in [0.2, 0.25) is 0 Å². The number of carbonyl (C=O) groups is 1. The van der Waals surface area contributed by atoms with Crippen LogP contribution >= 0.6 is 11.3 Å². The smallest absolute Gasteiger partial charge is 0.271 e. The van der Waals surface area contributed by atoms with Gasteiger partial charge in [0.15, 0.2) is 0 Å². The molecule has 0 radical (unpaired) electrons. The van der Waals surface area contributed by atoms with Crippen LogP contribution in [0, 0.1) is 6.92 Å². The minimum absolute atomic E-state index is 0.102. The highest BCUT2D eigenvalue weighted by Gasteiger charge is 2.24. The Morgan fingerprint density at radius 1 is 1.00 bits per heavy atom. The van der Waals surface area contributed by atoms with E-state index in [-0.39, 0.29) is 11.5 Å². The van der Waals surface area contributed by atoms with Crippen LogP contribution in [-0.2, 0) is 0 Å². The van der Waals surface area contributed by atoms with Gasteiger partial charge in [-0.25, -0.2) is 0 Å². The number of hydrogen-bond acceptors (Lipinski definition) is 5. The van der Waals surface area contributed by atoms with E-state index in [9.17, 15) is 9.59 Å². The maximum absolute atomic E-state index is 12.7. The van der Waals surface area contributed by atoms with E-state index in [1.807, 2.05) is 47.5 Å². The molecule has 0 N–H and O–H groups in total. The number of thiophene rings is 1. The summed E-state index contributed by atoms with van der Waals surface area (Å²) in [6.07, 6.45) is 0. The van der Waals surface area contributed by atoms with Gasteiger partial charge in [-0.1, -0.05) is 26.0 Å². The fourth-order valence-corrected chi connectivity index (χ4v) is 4.52. The van der Waals surface area contributed by atoms with Gasteiger partial charge in [-0.15, -0.1) is 16.4 Å². The molecule has 1 amide bonds. The predicted molar refractivity (Wildman–Crippen MR) is 121 cm³/mol. The zero-order valence-corrected chi connectivity index (χ0v) is 18.4. The zero-order valence-electron chi connectivity index (χ0n) is 17.5. The number of nitrogens with zero attached hydrogens (tertiary/aromatic N) is 4. The first-order valence-electron chi connectivity index (χ1n) is 10.2. The second-order valence-electron chi connectivity index (χ2n) is 7.90. The van der Waals surface area contributed by atoms with Crippen molar-refractivity contribution in [3.8, 4) is 5.69 Å². The van der Waals surface area contributed by atoms with Gasteiger partial charge in [-0.05, 0) is 53.6 Å². The van der Waals surface area contributed by atoms with Gasteiger partial charge >= 0.3 is 0 Å². The van der Waals surface area contributed by atoms with E-state index in [0.29, 0.717) is 32.1 Å². The van der Waals surface area contributed by atoms with Crippen LogP contribution in [0.4, 0.5) is 5.82 Å². The molecule has 7 heteroatoms. The predicted octanol–water partition coefficient (Wildman–Crippen LogP) is 3.69. The number of piperazine rings is 1. The Kier molecular flexibility index (Phi) is 5.72. The maximum atomic E-state index is 12.7. The number of aryl methyl sites for hydroxylation is 1. The second-order valence-corrected chi connectivity index (χ2v) is 8.82. The quantitative estimate of drug-likeness (QED) is 0.643. The zero-order chi connectivity index (χ0) is 21.3. The van der Waals surface area contributed by atoms with Crippen LogP contribution in [0.1, 0.15) is 40.6 Å². The molecule has 0 bridgehead atoms. The summed E-state index contributed by atoms with van der Waals surface area (Å²) in [6.45, 7) is 8.91. The molecule has 6 nitrogen and oxygen atoms in total. The van der Waals surface area contributed by atoms with Crippen molar-refractivity contribution in [1.82, 2.24) is 14.7 Å². The molecule has 1 aromatic carbocycles. The Morgan fingerprint density at radius 3 is 2.30 bits per heavy atom. The molecule has 1 saturated heterocycles. The van der Waals surface area contributed by atoms with Gasteiger partial charge in [-0.3, -0.25) is 9.59 Å². The van der Waals surface area contributed by atoms with E-state index in [1.165, 1.54) is 21.6 Å². The lowest BCUT2D eigenvalue weighted by Gasteiger charge is -2.35. The monoisotopic (exact) mass is 422 g/mol. The third kappa shape index (κ3) is 4.03. The number of hydrogen-bond donors (Lipinski definition) is 0. The van der Waals surface area contributed by atoms with E-state index in [1.54, 1.807) is 12.1 Å². The van der Waals surface area contributed by atoms with Gasteiger partial charge in [0.2, 0.25) is 0 Å². The fourth-order valence-electron chi connectivity index (χ4n) is 3.63. The van der Waals surface area contributed by atoms with Gasteiger partial charge in [0, 0.05) is 32.2 Å². The van der Waals surface area contributed by atoms with E-state index >= 15 is 0 Å². The minimum atomic E-state index is -0.155. The SMILES string of the molecule is Cc1ccsc1C(=O)N1CCN(c2ccc(=O)n(-c3ccc(C(C)C)cc3)n2)CC1. The first-order valence-corrected chi connectivity index (χ1v) is 11.1. The van der Waals surface area contributed by atoms with Crippen molar-refractivity contribution in [2.24, 2.45) is 0 Å². The minimum Gasteiger partial charge on any atom is -0.352 e. The molecule has 3 heterocycles. The molecule has 3 aromatic rings. The van der Waals surface area contributed by atoms with Gasteiger partial charge in [0.25, 0.3) is 11.5 Å². The molecule has 1 fully saturated rings. The topological polar surface area (TPSA) is 58.4 Å². The van der Waals surface area contributed by atoms with E-state index in [4.69, 9.17) is 0 Å². The maximum Gasteiger partial charge on any atom is 0.271 e. The van der Waals surface area contributed by atoms with Crippen molar-refractivity contribution in [2.75, 3.05) is 31.1 Å². The van der Waals surface area contributed by atoms with Crippen molar-refractivity contribution in [2.45, 2.75) is 26.7 Å². The first kappa shape index (κ1) is 20.3. The van der Waals surface area contributed by atoms with Crippen molar-refractivity contribution in [3.05, 3.63) is 74.2 Å². The van der Waals surface area contributed by atoms with Gasteiger partial charge in [0.05, 0.1) is 10.6 Å². The molecule has 4 rings (SSSR count). The summed E-state index contributed by atoms with van der Waals surface area (Å²) in [5.74, 6) is 1.29. The molecule has 0 atom stereocenters. The van der Waals surface area contributed by atoms with Gasteiger partial charge < -0.3 is 9.80 Å². The number of amides is 1. The Labute approximate surface area is 180 Å². The van der Waals surface area contributed by atoms with Crippen LogP contribution in [0.25, 0.3) is 5.69 Å². The molecule has 2 aromatic heterocycles. The summed E-state index contributed by atoms with van der Waals surface area (Å²) >= 11 is 1.50. The Morgan fingerprint density at radius 2 is 1.70 bits per heavy atom. The van der Waals surface area contributed by atoms with Gasteiger partial charge in [0.1, 0.15) is 5.82 Å². The molecule has 30 heavy (non-hydrogen) atoms. The Balaban J connectivity index is 1.49. The highest BCUT2D eigenvalue weighted by atomic mass is 32.1. The van der Waals surface area contributed by atoms with Crippen LogP contribution in [0.5, 0.6) is 0 Å². The molecule has 0 saturated carbocycles. The molecule has 1 aliphatic rings. The lowest BCUT2D eigenvalue weighted by atomic mass is 10.0. The standard InChI is InChI=1S/C23H26N4O2S/c1-16(2)18-4-6-19(7-5-18)27-21(28)9-8-20(24-27)25-11-13-26(14-12-25)23(29)22-17(3)10-15-30-22/h4-10,15-16H,11-14H2,1-3H3. The van der Waals surface area contributed by atoms with Crippen molar-refractivity contribution < 1.29 is 4.79 Å². The molecule has 0 spiro atoms. The number of carbonyl (C=O) groups excluding carboxylic acids is 1. The first-order chi connectivity index (χ1) is 14.4. The second kappa shape index (κ2) is 8.44. The summed E-state index contributed by atoms with van der Waals surface area (Å²) in [5.41, 5.74) is 2.86. The summed E-state index contributed by atoms with van der Waals surface area (Å²) in [7, 11) is 0. The number of benzene rings is 1. The lowest BCUT2D eigenvalue weighted by molar-refractivity contribution is 0.0750. The summed E-state index contributed by atoms with van der Waals surface area (Å²) in [4.78, 5) is 30.0. The summed E-state index contributed by atoms with van der Waals surface area (Å²) in [5, 5.41) is 6.56. The van der Waals surface area contributed by atoms with Crippen LogP contribution in [-0.4, -0.2) is 46.8 Å². The fraction of sp³-hybridized carbons (Fsp3) is 0.348. The number of anilines is 1. The third-order valence-electron chi connectivity index (χ3n) is 5.54. The van der Waals surface area contributed by atoms with Gasteiger partial charge in [-0.2, -0.15) is 4.68 Å². The van der Waals surface area contributed by atoms with E-state index in [0.717, 1.165) is 21.9 Å². The highest BCUT2D eigenvalue weighted by molar-refractivity contribution is 7.12. The average Bonchev–Trinajstić information content (AvgIpc) is 3.19. The molecular weight excluding hydrogens is 396 g/mol. The summed E-state index contributed by atoms with van der Waals surface area (Å²) in [6, 6.07) is 13.3.